The molecule has 1 spiro atoms. The van der Waals surface area contributed by atoms with E-state index in [0.717, 1.165) is 36.8 Å². The smallest absolute Gasteiger partial charge is 0.189 e. The Morgan fingerprint density at radius 2 is 1.83 bits per heavy atom. The zero-order valence-electron chi connectivity index (χ0n) is 18.5. The highest BCUT2D eigenvalue weighted by atomic mass is 16.7. The maximum absolute atomic E-state index is 12.1. The molecule has 1 N–H and O–H groups in total. The van der Waals surface area contributed by atoms with Crippen LogP contribution in [0.5, 0.6) is 0 Å². The maximum Gasteiger partial charge on any atom is 0.189 e. The quantitative estimate of drug-likeness (QED) is 0.378. The van der Waals surface area contributed by atoms with Gasteiger partial charge >= 0.3 is 0 Å². The number of aliphatic hydroxyl groups excluding tert-OH is 1. The van der Waals surface area contributed by atoms with Crippen LogP contribution in [0.3, 0.4) is 0 Å². The third-order valence-corrected chi connectivity index (χ3v) is 6.85. The number of hydrogen-bond acceptors (Lipinski definition) is 4. The Morgan fingerprint density at radius 1 is 1.10 bits per heavy atom. The lowest BCUT2D eigenvalue weighted by Crippen LogP contribution is -2.50. The number of allylic oxidation sites excluding steroid dienone is 1. The molecular formula is C25H40O4. The average molecular weight is 405 g/mol. The number of Topliss-reactive ketones (excluding diaryl/α,β-unsaturated/α-hetero) is 1. The number of ether oxygens (including phenoxy) is 2. The van der Waals surface area contributed by atoms with Crippen LogP contribution in [0.15, 0.2) is 23.3 Å². The van der Waals surface area contributed by atoms with Crippen molar-refractivity contribution in [1.82, 2.24) is 0 Å². The topological polar surface area (TPSA) is 55.8 Å². The Kier molecular flexibility index (Phi) is 8.52. The summed E-state index contributed by atoms with van der Waals surface area (Å²) in [5, 5.41) is 9.93. The lowest BCUT2D eigenvalue weighted by atomic mass is 9.78. The molecule has 1 fully saturated rings. The van der Waals surface area contributed by atoms with Gasteiger partial charge in [-0.1, -0.05) is 58.3 Å². The van der Waals surface area contributed by atoms with Crippen molar-refractivity contribution in [3.63, 3.8) is 0 Å². The molecule has 0 radical (unpaired) electrons. The first-order valence-electron chi connectivity index (χ1n) is 12.0. The van der Waals surface area contributed by atoms with Gasteiger partial charge in [-0.15, -0.1) is 0 Å². The van der Waals surface area contributed by atoms with Crippen LogP contribution in [-0.4, -0.2) is 35.5 Å². The van der Waals surface area contributed by atoms with Gasteiger partial charge in [0.05, 0.1) is 18.8 Å². The summed E-state index contributed by atoms with van der Waals surface area (Å²) in [5.74, 6) is -0.611. The molecule has 3 rings (SSSR count). The minimum atomic E-state index is -0.723. The van der Waals surface area contributed by atoms with Gasteiger partial charge in [0.2, 0.25) is 0 Å². The third kappa shape index (κ3) is 6.02. The van der Waals surface area contributed by atoms with E-state index in [1.165, 1.54) is 51.4 Å². The van der Waals surface area contributed by atoms with E-state index >= 15 is 0 Å². The van der Waals surface area contributed by atoms with Crippen LogP contribution in [0.1, 0.15) is 97.3 Å². The highest BCUT2D eigenvalue weighted by Crippen LogP contribution is 2.43. The van der Waals surface area contributed by atoms with Crippen molar-refractivity contribution in [2.75, 3.05) is 6.61 Å². The summed E-state index contributed by atoms with van der Waals surface area (Å²) in [4.78, 5) is 12.1. The van der Waals surface area contributed by atoms with Crippen LogP contribution in [0.25, 0.3) is 0 Å². The first-order valence-corrected chi connectivity index (χ1v) is 12.0. The number of rotatable bonds is 10. The zero-order valence-corrected chi connectivity index (χ0v) is 18.5. The molecule has 1 aliphatic carbocycles. The minimum absolute atomic E-state index is 0.0293. The normalized spacial score (nSPS) is 32.1. The summed E-state index contributed by atoms with van der Waals surface area (Å²) < 4.78 is 12.9. The molecule has 4 nitrogen and oxygen atoms in total. The summed E-state index contributed by atoms with van der Waals surface area (Å²) in [6, 6.07) is 0. The SMILES string of the molecule is CCCCCCCCCCC1CCCC2(C=C(CO)[C@H]3CC(=O)C(C)=C[C@H]3O2)O1. The van der Waals surface area contributed by atoms with Gasteiger partial charge in [-0.05, 0) is 49.5 Å². The molecular weight excluding hydrogens is 364 g/mol. The van der Waals surface area contributed by atoms with Crippen molar-refractivity contribution in [3.8, 4) is 0 Å². The Hall–Kier alpha value is -0.970. The van der Waals surface area contributed by atoms with Gasteiger partial charge in [0.25, 0.3) is 0 Å². The molecule has 2 unspecified atom stereocenters. The Bertz CT molecular complexity index is 608. The fourth-order valence-corrected chi connectivity index (χ4v) is 5.09. The second-order valence-corrected chi connectivity index (χ2v) is 9.25. The van der Waals surface area contributed by atoms with Gasteiger partial charge in [-0.2, -0.15) is 0 Å². The zero-order chi connectivity index (χ0) is 20.7. The number of aliphatic hydroxyl groups is 1. The maximum atomic E-state index is 12.1. The first kappa shape index (κ1) is 22.7. The number of carbonyl (C=O) groups is 1. The lowest BCUT2D eigenvalue weighted by molar-refractivity contribution is -0.275. The van der Waals surface area contributed by atoms with Crippen molar-refractivity contribution in [3.05, 3.63) is 23.3 Å². The Morgan fingerprint density at radius 3 is 2.55 bits per heavy atom. The molecule has 4 heteroatoms. The summed E-state index contributed by atoms with van der Waals surface area (Å²) >= 11 is 0. The van der Waals surface area contributed by atoms with E-state index in [1.54, 1.807) is 0 Å². The van der Waals surface area contributed by atoms with Gasteiger partial charge < -0.3 is 14.6 Å². The van der Waals surface area contributed by atoms with Crippen molar-refractivity contribution >= 4 is 5.78 Å². The molecule has 0 aromatic carbocycles. The molecule has 0 bridgehead atoms. The molecule has 4 atom stereocenters. The highest BCUT2D eigenvalue weighted by molar-refractivity contribution is 5.96. The highest BCUT2D eigenvalue weighted by Gasteiger charge is 2.46. The van der Waals surface area contributed by atoms with Gasteiger partial charge in [-0.25, -0.2) is 0 Å². The summed E-state index contributed by atoms with van der Waals surface area (Å²) in [6.45, 7) is 4.09. The summed E-state index contributed by atoms with van der Waals surface area (Å²) in [7, 11) is 0. The van der Waals surface area contributed by atoms with Gasteiger partial charge in [0.1, 0.15) is 0 Å². The fraction of sp³-hybridized carbons (Fsp3) is 0.800. The second-order valence-electron chi connectivity index (χ2n) is 9.25. The molecule has 0 aromatic heterocycles. The second kappa shape index (κ2) is 10.9. The van der Waals surface area contributed by atoms with E-state index in [9.17, 15) is 9.90 Å². The third-order valence-electron chi connectivity index (χ3n) is 6.85. The molecule has 1 saturated heterocycles. The molecule has 164 valence electrons. The van der Waals surface area contributed by atoms with Crippen LogP contribution >= 0.6 is 0 Å². The monoisotopic (exact) mass is 404 g/mol. The summed E-state index contributed by atoms with van der Waals surface area (Å²) in [6.07, 6.45) is 19.1. The fourth-order valence-electron chi connectivity index (χ4n) is 5.09. The molecule has 0 saturated carbocycles. The number of ketones is 1. The average Bonchev–Trinajstić information content (AvgIpc) is 2.71. The molecule has 0 amide bonds. The van der Waals surface area contributed by atoms with Crippen molar-refractivity contribution in [2.45, 2.75) is 115 Å². The summed E-state index contributed by atoms with van der Waals surface area (Å²) in [5.41, 5.74) is 1.68. The molecule has 2 aliphatic heterocycles. The lowest BCUT2D eigenvalue weighted by Gasteiger charge is -2.47. The predicted molar refractivity (Wildman–Crippen MR) is 116 cm³/mol. The van der Waals surface area contributed by atoms with E-state index < -0.39 is 5.79 Å². The predicted octanol–water partition coefficient (Wildman–Crippen LogP) is 5.64. The van der Waals surface area contributed by atoms with Gasteiger partial charge in [0, 0.05) is 18.8 Å². The number of carbonyl (C=O) groups excluding carboxylic acids is 1. The van der Waals surface area contributed by atoms with Crippen molar-refractivity contribution in [2.24, 2.45) is 5.92 Å². The van der Waals surface area contributed by atoms with E-state index in [-0.39, 0.29) is 30.5 Å². The molecule has 0 aromatic rings. The van der Waals surface area contributed by atoms with Crippen LogP contribution in [0.4, 0.5) is 0 Å². The Balaban J connectivity index is 1.51. The van der Waals surface area contributed by atoms with E-state index in [4.69, 9.17) is 9.47 Å². The molecule has 3 aliphatic rings. The minimum Gasteiger partial charge on any atom is -0.392 e. The van der Waals surface area contributed by atoms with E-state index in [1.807, 2.05) is 19.1 Å². The van der Waals surface area contributed by atoms with E-state index in [2.05, 4.69) is 6.92 Å². The number of fused-ring (bicyclic) bond motifs is 1. The standard InChI is InChI=1S/C25H40O4/c1-3-4-5-6-7-8-9-10-12-21-13-11-14-25(28-21)17-20(18-26)22-16-23(27)19(2)15-24(22)29-25/h15,17,21-22,24,26H,3-14,16,18H2,1-2H3/t21?,22-,24-,25?/m1/s1. The molecule has 29 heavy (non-hydrogen) atoms. The Labute approximate surface area is 176 Å². The van der Waals surface area contributed by atoms with Gasteiger partial charge in [-0.3, -0.25) is 4.79 Å². The van der Waals surface area contributed by atoms with Crippen molar-refractivity contribution < 1.29 is 19.4 Å². The molecule has 2 heterocycles. The van der Waals surface area contributed by atoms with Crippen LogP contribution < -0.4 is 0 Å². The number of unbranched alkanes of at least 4 members (excludes halogenated alkanes) is 7. The van der Waals surface area contributed by atoms with E-state index in [0.29, 0.717) is 6.42 Å². The largest absolute Gasteiger partial charge is 0.392 e. The van der Waals surface area contributed by atoms with Gasteiger partial charge in [0.15, 0.2) is 11.6 Å². The van der Waals surface area contributed by atoms with Crippen LogP contribution in [0.2, 0.25) is 0 Å². The van der Waals surface area contributed by atoms with Crippen molar-refractivity contribution in [1.29, 1.82) is 0 Å². The van der Waals surface area contributed by atoms with Crippen LogP contribution in [-0.2, 0) is 14.3 Å². The number of hydrogen-bond donors (Lipinski definition) is 1. The first-order chi connectivity index (χ1) is 14.1. The van der Waals surface area contributed by atoms with Crippen LogP contribution in [0, 0.1) is 5.92 Å².